The summed E-state index contributed by atoms with van der Waals surface area (Å²) in [6.45, 7) is 5.82. The van der Waals surface area contributed by atoms with Crippen LogP contribution in [-0.4, -0.2) is 38.4 Å². The van der Waals surface area contributed by atoms with E-state index < -0.39 is 9.84 Å². The van der Waals surface area contributed by atoms with Crippen molar-refractivity contribution in [1.29, 1.82) is 0 Å². The molecule has 3 nitrogen and oxygen atoms in total. The van der Waals surface area contributed by atoms with Gasteiger partial charge in [-0.1, -0.05) is 44.2 Å². The molecule has 1 unspecified atom stereocenters. The van der Waals surface area contributed by atoms with E-state index in [9.17, 15) is 8.42 Å². The maximum absolute atomic E-state index is 11.5. The monoisotopic (exact) mass is 255 g/mol. The first-order valence-electron chi connectivity index (χ1n) is 5.94. The zero-order chi connectivity index (χ0) is 12.9. The van der Waals surface area contributed by atoms with E-state index in [-0.39, 0.29) is 11.8 Å². The Balaban J connectivity index is 3.02. The summed E-state index contributed by atoms with van der Waals surface area (Å²) in [5, 5.41) is 0. The van der Waals surface area contributed by atoms with Gasteiger partial charge in [0.15, 0.2) is 0 Å². The Morgan fingerprint density at radius 1 is 1.12 bits per heavy atom. The molecule has 0 radical (unpaired) electrons. The number of hydrogen-bond donors (Lipinski definition) is 0. The highest BCUT2D eigenvalue weighted by atomic mass is 32.2. The van der Waals surface area contributed by atoms with Crippen molar-refractivity contribution in [3.63, 3.8) is 0 Å². The highest BCUT2D eigenvalue weighted by molar-refractivity contribution is 7.90. The fraction of sp³-hybridized carbons (Fsp3) is 0.538. The lowest BCUT2D eigenvalue weighted by Gasteiger charge is -2.29. The summed E-state index contributed by atoms with van der Waals surface area (Å²) in [5.74, 6) is 0.179. The van der Waals surface area contributed by atoms with Gasteiger partial charge in [0.25, 0.3) is 0 Å². The molecule has 0 bridgehead atoms. The van der Waals surface area contributed by atoms with Crippen molar-refractivity contribution in [2.24, 2.45) is 0 Å². The van der Waals surface area contributed by atoms with Crippen molar-refractivity contribution in [1.82, 2.24) is 4.90 Å². The predicted molar refractivity (Wildman–Crippen MR) is 71.8 cm³/mol. The Labute approximate surface area is 104 Å². The summed E-state index contributed by atoms with van der Waals surface area (Å²) in [6.07, 6.45) is 1.30. The van der Waals surface area contributed by atoms with Gasteiger partial charge in [0.05, 0.1) is 5.75 Å². The van der Waals surface area contributed by atoms with Gasteiger partial charge in [-0.05, 0) is 18.7 Å². The Kier molecular flexibility index (Phi) is 5.15. The number of nitrogens with zero attached hydrogens (tertiary/aromatic N) is 1. The van der Waals surface area contributed by atoms with Crippen LogP contribution in [0.3, 0.4) is 0 Å². The molecule has 0 aromatic heterocycles. The van der Waals surface area contributed by atoms with E-state index in [0.717, 1.165) is 18.7 Å². The van der Waals surface area contributed by atoms with E-state index >= 15 is 0 Å². The molecule has 0 aliphatic heterocycles. The van der Waals surface area contributed by atoms with Crippen LogP contribution in [0.4, 0.5) is 0 Å². The first kappa shape index (κ1) is 14.2. The topological polar surface area (TPSA) is 37.4 Å². The number of hydrogen-bond acceptors (Lipinski definition) is 3. The Morgan fingerprint density at radius 2 is 1.65 bits per heavy atom. The normalized spacial score (nSPS) is 13.9. The van der Waals surface area contributed by atoms with Crippen molar-refractivity contribution in [2.75, 3.05) is 25.1 Å². The van der Waals surface area contributed by atoms with Crippen LogP contribution < -0.4 is 0 Å². The van der Waals surface area contributed by atoms with Gasteiger partial charge in [-0.2, -0.15) is 0 Å². The summed E-state index contributed by atoms with van der Waals surface area (Å²) in [5.41, 5.74) is 1.07. The average molecular weight is 255 g/mol. The molecule has 0 amide bonds. The minimum atomic E-state index is -2.98. The van der Waals surface area contributed by atoms with Crippen LogP contribution in [-0.2, 0) is 9.84 Å². The van der Waals surface area contributed by atoms with E-state index in [0.29, 0.717) is 0 Å². The zero-order valence-corrected chi connectivity index (χ0v) is 11.6. The second kappa shape index (κ2) is 6.17. The van der Waals surface area contributed by atoms with Gasteiger partial charge in [-0.3, -0.25) is 4.90 Å². The maximum atomic E-state index is 11.5. The van der Waals surface area contributed by atoms with Gasteiger partial charge < -0.3 is 0 Å². The molecular formula is C13H21NO2S. The summed E-state index contributed by atoms with van der Waals surface area (Å²) < 4.78 is 23.0. The first-order chi connectivity index (χ1) is 7.98. The van der Waals surface area contributed by atoms with Crippen LogP contribution in [0.1, 0.15) is 25.5 Å². The molecule has 1 atom stereocenters. The lowest BCUT2D eigenvalue weighted by atomic mass is 10.1. The fourth-order valence-corrected chi connectivity index (χ4v) is 3.02. The first-order valence-corrected chi connectivity index (χ1v) is 8.00. The van der Waals surface area contributed by atoms with E-state index in [1.54, 1.807) is 0 Å². The largest absolute Gasteiger partial charge is 0.296 e. The minimum Gasteiger partial charge on any atom is -0.296 e. The molecule has 96 valence electrons. The third-order valence-electron chi connectivity index (χ3n) is 2.90. The summed E-state index contributed by atoms with van der Waals surface area (Å²) in [4.78, 5) is 2.18. The Morgan fingerprint density at radius 3 is 2.06 bits per heavy atom. The lowest BCUT2D eigenvalue weighted by Crippen LogP contribution is -2.33. The van der Waals surface area contributed by atoms with E-state index in [1.165, 1.54) is 6.26 Å². The molecule has 1 aromatic rings. The molecule has 0 heterocycles. The fourth-order valence-electron chi connectivity index (χ4n) is 2.04. The highest BCUT2D eigenvalue weighted by Gasteiger charge is 2.22. The maximum Gasteiger partial charge on any atom is 0.149 e. The zero-order valence-electron chi connectivity index (χ0n) is 10.8. The van der Waals surface area contributed by atoms with Gasteiger partial charge in [0.1, 0.15) is 9.84 Å². The molecule has 17 heavy (non-hydrogen) atoms. The smallest absolute Gasteiger partial charge is 0.149 e. The third kappa shape index (κ3) is 4.48. The van der Waals surface area contributed by atoms with Crippen LogP contribution in [0, 0.1) is 0 Å². The van der Waals surface area contributed by atoms with Crippen molar-refractivity contribution in [3.05, 3.63) is 35.9 Å². The van der Waals surface area contributed by atoms with Crippen LogP contribution in [0.15, 0.2) is 30.3 Å². The molecule has 1 aromatic carbocycles. The van der Waals surface area contributed by atoms with Crippen molar-refractivity contribution in [2.45, 2.75) is 19.9 Å². The second-order valence-corrected chi connectivity index (χ2v) is 6.42. The minimum absolute atomic E-state index is 0.0406. The van der Waals surface area contributed by atoms with Gasteiger partial charge in [0, 0.05) is 12.3 Å². The Hall–Kier alpha value is -0.870. The van der Waals surface area contributed by atoms with Crippen molar-refractivity contribution >= 4 is 9.84 Å². The van der Waals surface area contributed by atoms with Gasteiger partial charge in [-0.25, -0.2) is 8.42 Å². The van der Waals surface area contributed by atoms with Crippen LogP contribution in [0.25, 0.3) is 0 Å². The van der Waals surface area contributed by atoms with Crippen LogP contribution in [0.2, 0.25) is 0 Å². The average Bonchev–Trinajstić information content (AvgIpc) is 2.29. The molecule has 0 aliphatic carbocycles. The molecule has 0 saturated carbocycles. The van der Waals surface area contributed by atoms with E-state index in [2.05, 4.69) is 18.7 Å². The highest BCUT2D eigenvalue weighted by Crippen LogP contribution is 2.21. The quantitative estimate of drug-likeness (QED) is 0.781. The standard InChI is InChI=1S/C13H21NO2S/c1-4-14(5-2)13(11-17(3,15)16)12-9-7-6-8-10-12/h6-10,13H,4-5,11H2,1-3H3. The second-order valence-electron chi connectivity index (χ2n) is 4.24. The molecule has 0 spiro atoms. The molecular weight excluding hydrogens is 234 g/mol. The van der Waals surface area contributed by atoms with Crippen molar-refractivity contribution in [3.8, 4) is 0 Å². The molecule has 0 N–H and O–H groups in total. The van der Waals surface area contributed by atoms with Gasteiger partial charge in [-0.15, -0.1) is 0 Å². The van der Waals surface area contributed by atoms with Gasteiger partial charge >= 0.3 is 0 Å². The summed E-state index contributed by atoms with van der Waals surface area (Å²) >= 11 is 0. The SMILES string of the molecule is CCN(CC)C(CS(C)(=O)=O)c1ccccc1. The molecule has 0 fully saturated rings. The van der Waals surface area contributed by atoms with Gasteiger partial charge in [0.2, 0.25) is 0 Å². The number of benzene rings is 1. The Bertz CT molecular complexity index is 424. The predicted octanol–water partition coefficient (Wildman–Crippen LogP) is 2.11. The molecule has 0 saturated heterocycles. The van der Waals surface area contributed by atoms with E-state index in [1.807, 2.05) is 30.3 Å². The van der Waals surface area contributed by atoms with E-state index in [4.69, 9.17) is 0 Å². The lowest BCUT2D eigenvalue weighted by molar-refractivity contribution is 0.236. The molecule has 1 rings (SSSR count). The molecule has 4 heteroatoms. The molecule has 0 aliphatic rings. The summed E-state index contributed by atoms with van der Waals surface area (Å²) in [6, 6.07) is 9.80. The third-order valence-corrected chi connectivity index (χ3v) is 3.82. The number of rotatable bonds is 6. The van der Waals surface area contributed by atoms with Crippen molar-refractivity contribution < 1.29 is 8.42 Å². The van der Waals surface area contributed by atoms with Crippen LogP contribution >= 0.6 is 0 Å². The summed E-state index contributed by atoms with van der Waals surface area (Å²) in [7, 11) is -2.98. The number of sulfone groups is 1. The van der Waals surface area contributed by atoms with Crippen LogP contribution in [0.5, 0.6) is 0 Å².